The van der Waals surface area contributed by atoms with Crippen molar-refractivity contribution in [3.8, 4) is 0 Å². The third-order valence-electron chi connectivity index (χ3n) is 3.86. The maximum atomic E-state index is 3.71. The number of hydrogen-bond acceptors (Lipinski definition) is 1. The third kappa shape index (κ3) is 2.01. The van der Waals surface area contributed by atoms with Gasteiger partial charge in [0, 0.05) is 5.69 Å². The fourth-order valence-corrected chi connectivity index (χ4v) is 2.79. The van der Waals surface area contributed by atoms with Gasteiger partial charge in [-0.1, -0.05) is 36.4 Å². The molecule has 0 aromatic heterocycles. The highest BCUT2D eigenvalue weighted by Gasteiger charge is 2.21. The highest BCUT2D eigenvalue weighted by Crippen LogP contribution is 2.34. The van der Waals surface area contributed by atoms with Gasteiger partial charge >= 0.3 is 0 Å². The summed E-state index contributed by atoms with van der Waals surface area (Å²) in [6, 6.07) is 15.9. The van der Waals surface area contributed by atoms with Crippen LogP contribution < -0.4 is 5.32 Å². The van der Waals surface area contributed by atoms with E-state index < -0.39 is 0 Å². The van der Waals surface area contributed by atoms with Crippen LogP contribution in [0.15, 0.2) is 42.5 Å². The molecule has 0 amide bonds. The molecular formula is C17H19N. The minimum Gasteiger partial charge on any atom is -0.378 e. The van der Waals surface area contributed by atoms with Crippen LogP contribution >= 0.6 is 0 Å². The van der Waals surface area contributed by atoms with Gasteiger partial charge in [0.2, 0.25) is 0 Å². The number of anilines is 1. The number of benzene rings is 2. The predicted molar refractivity (Wildman–Crippen MR) is 77.0 cm³/mol. The number of hydrogen-bond donors (Lipinski definition) is 1. The van der Waals surface area contributed by atoms with Gasteiger partial charge in [-0.3, -0.25) is 0 Å². The summed E-state index contributed by atoms with van der Waals surface area (Å²) in [6.45, 7) is 4.32. The molecule has 0 fully saturated rings. The Morgan fingerprint density at radius 1 is 1.06 bits per heavy atom. The first-order valence-corrected chi connectivity index (χ1v) is 6.65. The SMILES string of the molecule is Cc1ccc(C)c(NC2CCc3ccccc32)c1. The first-order chi connectivity index (χ1) is 8.74. The molecule has 1 aliphatic carbocycles. The second-order valence-electron chi connectivity index (χ2n) is 5.25. The molecule has 2 aromatic carbocycles. The van der Waals surface area contributed by atoms with Gasteiger partial charge < -0.3 is 5.32 Å². The summed E-state index contributed by atoms with van der Waals surface area (Å²) >= 11 is 0. The van der Waals surface area contributed by atoms with Gasteiger partial charge in [-0.25, -0.2) is 0 Å². The van der Waals surface area contributed by atoms with E-state index in [4.69, 9.17) is 0 Å². The first kappa shape index (κ1) is 11.3. The Bertz CT molecular complexity index is 572. The smallest absolute Gasteiger partial charge is 0.0519 e. The molecule has 1 nitrogen and oxygen atoms in total. The van der Waals surface area contributed by atoms with Crippen LogP contribution in [-0.2, 0) is 6.42 Å². The van der Waals surface area contributed by atoms with Crippen molar-refractivity contribution in [2.24, 2.45) is 0 Å². The van der Waals surface area contributed by atoms with E-state index in [9.17, 15) is 0 Å². The predicted octanol–water partition coefficient (Wildman–Crippen LogP) is 4.40. The number of aryl methyl sites for hydroxylation is 3. The van der Waals surface area contributed by atoms with Gasteiger partial charge in [-0.05, 0) is 55.0 Å². The molecule has 0 spiro atoms. The second-order valence-corrected chi connectivity index (χ2v) is 5.25. The van der Waals surface area contributed by atoms with E-state index in [1.807, 2.05) is 0 Å². The summed E-state index contributed by atoms with van der Waals surface area (Å²) < 4.78 is 0. The summed E-state index contributed by atoms with van der Waals surface area (Å²) in [5.41, 5.74) is 6.88. The summed E-state index contributed by atoms with van der Waals surface area (Å²) in [7, 11) is 0. The van der Waals surface area contributed by atoms with Crippen LogP contribution in [0.1, 0.15) is 34.7 Å². The molecule has 0 heterocycles. The maximum absolute atomic E-state index is 3.71. The monoisotopic (exact) mass is 237 g/mol. The minimum absolute atomic E-state index is 0.474. The van der Waals surface area contributed by atoms with E-state index in [0.29, 0.717) is 6.04 Å². The number of nitrogens with one attached hydrogen (secondary N) is 1. The van der Waals surface area contributed by atoms with E-state index in [1.165, 1.54) is 40.8 Å². The number of rotatable bonds is 2. The summed E-state index contributed by atoms with van der Waals surface area (Å²) in [5.74, 6) is 0. The van der Waals surface area contributed by atoms with Crippen molar-refractivity contribution in [2.75, 3.05) is 5.32 Å². The lowest BCUT2D eigenvalue weighted by Gasteiger charge is -2.18. The highest BCUT2D eigenvalue weighted by atomic mass is 14.9. The van der Waals surface area contributed by atoms with Crippen LogP contribution in [0.2, 0.25) is 0 Å². The van der Waals surface area contributed by atoms with E-state index in [0.717, 1.165) is 0 Å². The molecule has 92 valence electrons. The Balaban J connectivity index is 1.88. The molecular weight excluding hydrogens is 218 g/mol. The van der Waals surface area contributed by atoms with Crippen LogP contribution in [-0.4, -0.2) is 0 Å². The Morgan fingerprint density at radius 3 is 2.78 bits per heavy atom. The Labute approximate surface area is 109 Å². The lowest BCUT2D eigenvalue weighted by atomic mass is 10.1. The third-order valence-corrected chi connectivity index (χ3v) is 3.86. The Hall–Kier alpha value is -1.76. The van der Waals surface area contributed by atoms with Crippen LogP contribution in [0, 0.1) is 13.8 Å². The summed E-state index contributed by atoms with van der Waals surface area (Å²) in [4.78, 5) is 0. The Kier molecular flexibility index (Phi) is 2.83. The van der Waals surface area contributed by atoms with Crippen molar-refractivity contribution >= 4 is 5.69 Å². The summed E-state index contributed by atoms with van der Waals surface area (Å²) in [5, 5.41) is 3.71. The molecule has 0 saturated carbocycles. The molecule has 3 rings (SSSR count). The van der Waals surface area contributed by atoms with Crippen molar-refractivity contribution in [3.63, 3.8) is 0 Å². The van der Waals surface area contributed by atoms with E-state index >= 15 is 0 Å². The fourth-order valence-electron chi connectivity index (χ4n) is 2.79. The van der Waals surface area contributed by atoms with E-state index in [1.54, 1.807) is 0 Å². The quantitative estimate of drug-likeness (QED) is 0.816. The normalized spacial score (nSPS) is 17.6. The second kappa shape index (κ2) is 4.49. The van der Waals surface area contributed by atoms with Crippen molar-refractivity contribution < 1.29 is 0 Å². The lowest BCUT2D eigenvalue weighted by Crippen LogP contribution is -2.08. The largest absolute Gasteiger partial charge is 0.378 e. The van der Waals surface area contributed by atoms with Gasteiger partial charge in [0.25, 0.3) is 0 Å². The van der Waals surface area contributed by atoms with Crippen LogP contribution in [0.5, 0.6) is 0 Å². The van der Waals surface area contributed by atoms with Crippen LogP contribution in [0.25, 0.3) is 0 Å². The zero-order valence-corrected chi connectivity index (χ0v) is 11.0. The van der Waals surface area contributed by atoms with Gasteiger partial charge in [0.1, 0.15) is 0 Å². The average Bonchev–Trinajstić information content (AvgIpc) is 2.78. The van der Waals surface area contributed by atoms with Gasteiger partial charge in [-0.2, -0.15) is 0 Å². The van der Waals surface area contributed by atoms with Crippen molar-refractivity contribution in [2.45, 2.75) is 32.7 Å². The van der Waals surface area contributed by atoms with E-state index in [2.05, 4.69) is 61.6 Å². The van der Waals surface area contributed by atoms with Crippen molar-refractivity contribution in [1.82, 2.24) is 0 Å². The zero-order chi connectivity index (χ0) is 12.5. The molecule has 1 atom stereocenters. The first-order valence-electron chi connectivity index (χ1n) is 6.65. The topological polar surface area (TPSA) is 12.0 Å². The van der Waals surface area contributed by atoms with Crippen molar-refractivity contribution in [1.29, 1.82) is 0 Å². The van der Waals surface area contributed by atoms with Gasteiger partial charge in [0.15, 0.2) is 0 Å². The minimum atomic E-state index is 0.474. The highest BCUT2D eigenvalue weighted by molar-refractivity contribution is 5.55. The molecule has 18 heavy (non-hydrogen) atoms. The Morgan fingerprint density at radius 2 is 1.89 bits per heavy atom. The van der Waals surface area contributed by atoms with Crippen molar-refractivity contribution in [3.05, 3.63) is 64.7 Å². The van der Waals surface area contributed by atoms with Crippen LogP contribution in [0.4, 0.5) is 5.69 Å². The summed E-state index contributed by atoms with van der Waals surface area (Å²) in [6.07, 6.45) is 2.39. The molecule has 0 bridgehead atoms. The molecule has 0 radical (unpaired) electrons. The molecule has 0 aliphatic heterocycles. The van der Waals surface area contributed by atoms with Gasteiger partial charge in [0.05, 0.1) is 6.04 Å². The number of fused-ring (bicyclic) bond motifs is 1. The zero-order valence-electron chi connectivity index (χ0n) is 11.0. The molecule has 1 aliphatic rings. The standard InChI is InChI=1S/C17H19N/c1-12-7-8-13(2)17(11-12)18-16-10-9-14-5-3-4-6-15(14)16/h3-8,11,16,18H,9-10H2,1-2H3. The molecule has 1 heteroatoms. The molecule has 0 saturated heterocycles. The van der Waals surface area contributed by atoms with Gasteiger partial charge in [-0.15, -0.1) is 0 Å². The maximum Gasteiger partial charge on any atom is 0.0519 e. The average molecular weight is 237 g/mol. The van der Waals surface area contributed by atoms with Crippen LogP contribution in [0.3, 0.4) is 0 Å². The lowest BCUT2D eigenvalue weighted by molar-refractivity contribution is 0.761. The van der Waals surface area contributed by atoms with E-state index in [-0.39, 0.29) is 0 Å². The molecule has 1 N–H and O–H groups in total. The molecule has 2 aromatic rings. The molecule has 1 unspecified atom stereocenters. The fraction of sp³-hybridized carbons (Fsp3) is 0.294.